The van der Waals surface area contributed by atoms with Gasteiger partial charge >= 0.3 is 11.9 Å². The Morgan fingerprint density at radius 3 is 1.81 bits per heavy atom. The molecule has 0 saturated carbocycles. The van der Waals surface area contributed by atoms with E-state index in [-0.39, 0.29) is 38.6 Å². The van der Waals surface area contributed by atoms with Crippen LogP contribution in [0.1, 0.15) is 129 Å². The second kappa shape index (κ2) is 30.8. The van der Waals surface area contributed by atoms with E-state index in [1.807, 2.05) is 21.1 Å². The van der Waals surface area contributed by atoms with Gasteiger partial charge in [-0.1, -0.05) is 108 Å². The van der Waals surface area contributed by atoms with Crippen LogP contribution >= 0.6 is 0 Å². The van der Waals surface area contributed by atoms with E-state index >= 15 is 0 Å². The molecule has 2 unspecified atom stereocenters. The van der Waals surface area contributed by atoms with Gasteiger partial charge in [0.25, 0.3) is 0 Å². The molecule has 9 heteroatoms. The number of carbonyl (C=O) groups is 3. The third-order valence-electron chi connectivity index (χ3n) is 7.40. The fraction of sp³-hybridized carbons (Fsp3) is 0.763. The number of unbranched alkanes of at least 4 members (excludes halogenated alkanes) is 11. The maximum atomic E-state index is 12.6. The van der Waals surface area contributed by atoms with Crippen LogP contribution in [-0.2, 0) is 33.3 Å². The number of hydrogen-bond acceptors (Lipinski definition) is 8. The Hall–Kier alpha value is -2.49. The summed E-state index contributed by atoms with van der Waals surface area (Å²) in [5, 5.41) is 11.6. The number of ether oxygens (including phenoxy) is 4. The van der Waals surface area contributed by atoms with Crippen molar-refractivity contribution >= 4 is 17.9 Å². The first-order valence-corrected chi connectivity index (χ1v) is 18.1. The summed E-state index contributed by atoms with van der Waals surface area (Å²) in [4.78, 5) is 36.4. The number of hydrogen-bond donors (Lipinski definition) is 0. The minimum Gasteiger partial charge on any atom is -0.545 e. The first-order chi connectivity index (χ1) is 22.6. The van der Waals surface area contributed by atoms with Gasteiger partial charge in [0.2, 0.25) is 0 Å². The summed E-state index contributed by atoms with van der Waals surface area (Å²) in [6.45, 7) is 4.49. The van der Waals surface area contributed by atoms with E-state index < -0.39 is 24.3 Å². The van der Waals surface area contributed by atoms with Crippen molar-refractivity contribution in [3.63, 3.8) is 0 Å². The number of rotatable bonds is 32. The molecule has 0 radical (unpaired) electrons. The number of quaternary nitrogens is 1. The van der Waals surface area contributed by atoms with Gasteiger partial charge in [-0.3, -0.25) is 9.59 Å². The number of carboxylic acids is 1. The monoisotopic (exact) mass is 665 g/mol. The molecule has 0 aromatic heterocycles. The Morgan fingerprint density at radius 2 is 1.21 bits per heavy atom. The molecule has 0 aliphatic heterocycles. The lowest BCUT2D eigenvalue weighted by Gasteiger charge is -2.26. The normalized spacial score (nSPS) is 13.5. The number of likely N-dealkylation sites (N-methyl/N-ethyl adjacent to an activating group) is 1. The van der Waals surface area contributed by atoms with Crippen molar-refractivity contribution in [3.8, 4) is 0 Å². The second-order valence-electron chi connectivity index (χ2n) is 13.1. The zero-order valence-electron chi connectivity index (χ0n) is 30.4. The van der Waals surface area contributed by atoms with Gasteiger partial charge < -0.3 is 33.3 Å². The lowest BCUT2D eigenvalue weighted by Crippen LogP contribution is -2.44. The zero-order chi connectivity index (χ0) is 35.0. The molecule has 0 aliphatic rings. The van der Waals surface area contributed by atoms with Gasteiger partial charge in [-0.2, -0.15) is 0 Å². The van der Waals surface area contributed by atoms with E-state index in [1.165, 1.54) is 19.3 Å². The van der Waals surface area contributed by atoms with E-state index in [0.29, 0.717) is 17.4 Å². The number of esters is 2. The highest BCUT2D eigenvalue weighted by atomic mass is 16.7. The van der Waals surface area contributed by atoms with Crippen LogP contribution in [0.15, 0.2) is 36.5 Å². The molecule has 0 spiro atoms. The molecule has 0 saturated heterocycles. The molecule has 2 atom stereocenters. The standard InChI is InChI=1S/C38H67NO8/c1-6-8-10-12-13-14-15-16-17-18-19-20-21-22-23-25-27-29-36(41)47-34(32-45-35(40)28-26-24-11-9-7-2)33-46-38(37(42)43)44-31-30-39(3,4)5/h8,10,13-14,16-17,34,38H,6-7,9,11-12,15,18-33H2,1-5H3/b10-8-,14-13-,17-16-. The van der Waals surface area contributed by atoms with Crippen molar-refractivity contribution in [2.45, 2.75) is 142 Å². The first-order valence-electron chi connectivity index (χ1n) is 18.1. The van der Waals surface area contributed by atoms with Gasteiger partial charge in [0.15, 0.2) is 12.4 Å². The molecule has 0 amide bonds. The van der Waals surface area contributed by atoms with E-state index in [0.717, 1.165) is 77.0 Å². The molecule has 0 rings (SSSR count). The number of carboxylic acid groups (broad SMARTS) is 1. The maximum absolute atomic E-state index is 12.6. The van der Waals surface area contributed by atoms with Crippen LogP contribution in [0.5, 0.6) is 0 Å². The number of allylic oxidation sites excluding steroid dienone is 6. The highest BCUT2D eigenvalue weighted by Gasteiger charge is 2.21. The van der Waals surface area contributed by atoms with Gasteiger partial charge in [0.1, 0.15) is 13.2 Å². The van der Waals surface area contributed by atoms with Crippen molar-refractivity contribution in [2.75, 3.05) is 47.5 Å². The van der Waals surface area contributed by atoms with E-state index in [4.69, 9.17) is 18.9 Å². The summed E-state index contributed by atoms with van der Waals surface area (Å²) in [7, 11) is 5.88. The van der Waals surface area contributed by atoms with Crippen molar-refractivity contribution in [1.29, 1.82) is 0 Å². The topological polar surface area (TPSA) is 111 Å². The summed E-state index contributed by atoms with van der Waals surface area (Å²) in [6, 6.07) is 0. The molecule has 9 nitrogen and oxygen atoms in total. The summed E-state index contributed by atoms with van der Waals surface area (Å²) in [5.41, 5.74) is 0. The molecule has 0 heterocycles. The number of carbonyl (C=O) groups excluding carboxylic acids is 3. The second-order valence-corrected chi connectivity index (χ2v) is 13.1. The molecular weight excluding hydrogens is 598 g/mol. The average Bonchev–Trinajstić information content (AvgIpc) is 3.01. The van der Waals surface area contributed by atoms with Crippen molar-refractivity contribution in [2.24, 2.45) is 0 Å². The number of aliphatic carboxylic acids is 1. The third kappa shape index (κ3) is 31.9. The predicted octanol–water partition coefficient (Wildman–Crippen LogP) is 6.99. The SMILES string of the molecule is CC/C=C\C/C=C\C/C=C\CCCCCCCCCC(=O)OC(COC(=O)CCCCCCC)COC(OCC[N+](C)(C)C)C(=O)[O-]. The Balaban J connectivity index is 4.44. The molecule has 0 N–H and O–H groups in total. The van der Waals surface area contributed by atoms with Crippen molar-refractivity contribution in [1.82, 2.24) is 0 Å². The molecule has 0 aliphatic carbocycles. The van der Waals surface area contributed by atoms with Gasteiger partial charge in [-0.25, -0.2) is 0 Å². The minimum absolute atomic E-state index is 0.145. The molecular formula is C38H67NO8. The molecule has 0 aromatic carbocycles. The zero-order valence-corrected chi connectivity index (χ0v) is 30.4. The molecule has 272 valence electrons. The molecule has 0 bridgehead atoms. The first kappa shape index (κ1) is 44.5. The largest absolute Gasteiger partial charge is 0.545 e. The van der Waals surface area contributed by atoms with Crippen molar-refractivity contribution in [3.05, 3.63) is 36.5 Å². The van der Waals surface area contributed by atoms with E-state index in [2.05, 4.69) is 50.3 Å². The summed E-state index contributed by atoms with van der Waals surface area (Å²) in [6.07, 6.45) is 27.9. The van der Waals surface area contributed by atoms with Crippen molar-refractivity contribution < 1.29 is 42.9 Å². The van der Waals surface area contributed by atoms with Crippen LogP contribution in [0.4, 0.5) is 0 Å². The molecule has 47 heavy (non-hydrogen) atoms. The third-order valence-corrected chi connectivity index (χ3v) is 7.40. The van der Waals surface area contributed by atoms with Gasteiger partial charge in [0, 0.05) is 12.8 Å². The Kier molecular flexibility index (Phi) is 29.2. The molecule has 0 aromatic rings. The van der Waals surface area contributed by atoms with Crippen LogP contribution in [0.25, 0.3) is 0 Å². The summed E-state index contributed by atoms with van der Waals surface area (Å²) >= 11 is 0. The lowest BCUT2D eigenvalue weighted by atomic mass is 10.1. The summed E-state index contributed by atoms with van der Waals surface area (Å²) in [5.74, 6) is -2.32. The predicted molar refractivity (Wildman–Crippen MR) is 186 cm³/mol. The summed E-state index contributed by atoms with van der Waals surface area (Å²) < 4.78 is 22.3. The maximum Gasteiger partial charge on any atom is 0.306 e. The fourth-order valence-corrected chi connectivity index (χ4v) is 4.55. The van der Waals surface area contributed by atoms with E-state index in [1.54, 1.807) is 0 Å². The van der Waals surface area contributed by atoms with Crippen LogP contribution in [0.3, 0.4) is 0 Å². The van der Waals surface area contributed by atoms with E-state index in [9.17, 15) is 19.5 Å². The van der Waals surface area contributed by atoms with Crippen LogP contribution in [0, 0.1) is 0 Å². The molecule has 0 fully saturated rings. The minimum atomic E-state index is -1.62. The van der Waals surface area contributed by atoms with Gasteiger partial charge in [-0.05, 0) is 44.9 Å². The van der Waals surface area contributed by atoms with Crippen LogP contribution in [-0.4, -0.2) is 82.3 Å². The number of nitrogens with zero attached hydrogens (tertiary/aromatic N) is 1. The lowest BCUT2D eigenvalue weighted by molar-refractivity contribution is -0.870. The quantitative estimate of drug-likeness (QED) is 0.0249. The average molecular weight is 666 g/mol. The highest BCUT2D eigenvalue weighted by molar-refractivity contribution is 5.70. The fourth-order valence-electron chi connectivity index (χ4n) is 4.55. The van der Waals surface area contributed by atoms with Gasteiger partial charge in [0.05, 0.1) is 40.3 Å². The smallest absolute Gasteiger partial charge is 0.306 e. The Bertz CT molecular complexity index is 877. The van der Waals surface area contributed by atoms with Crippen LogP contribution in [0.2, 0.25) is 0 Å². The highest BCUT2D eigenvalue weighted by Crippen LogP contribution is 2.12. The Labute approximate surface area is 286 Å². The Morgan fingerprint density at radius 1 is 0.660 bits per heavy atom. The van der Waals surface area contributed by atoms with Crippen LogP contribution < -0.4 is 5.11 Å². The van der Waals surface area contributed by atoms with Gasteiger partial charge in [-0.15, -0.1) is 0 Å².